The normalized spacial score (nSPS) is 9.29. The van der Waals surface area contributed by atoms with Gasteiger partial charge < -0.3 is 4.84 Å². The van der Waals surface area contributed by atoms with Crippen molar-refractivity contribution in [3.63, 3.8) is 0 Å². The number of nitrogens with zero attached hydrogens (tertiary/aromatic N) is 1. The Kier molecular flexibility index (Phi) is 4.51. The van der Waals surface area contributed by atoms with E-state index in [1.165, 1.54) is 6.21 Å². The van der Waals surface area contributed by atoms with Gasteiger partial charge in [0.1, 0.15) is 0 Å². The first kappa shape index (κ1) is 6.14. The molecule has 3 nitrogen and oxygen atoms in total. The van der Waals surface area contributed by atoms with Crippen molar-refractivity contribution in [2.75, 3.05) is 6.61 Å². The molecule has 0 atom stereocenters. The molecule has 0 fully saturated rings. The Morgan fingerprint density at radius 3 is 3.00 bits per heavy atom. The Morgan fingerprint density at radius 1 is 1.86 bits per heavy atom. The maximum atomic E-state index is 9.48. The molecule has 0 aliphatic heterocycles. The largest absolute Gasteiger partial charge is 0.388 e. The maximum absolute atomic E-state index is 9.48. The zero-order valence-corrected chi connectivity index (χ0v) is 4.13. The summed E-state index contributed by atoms with van der Waals surface area (Å²) in [4.78, 5) is 13.8. The standard InChI is InChI=1S/C4H7NO2/c1-2-5-7-4-3-6/h2-3H,4H2,1H3/b5-2+. The van der Waals surface area contributed by atoms with E-state index in [9.17, 15) is 4.79 Å². The van der Waals surface area contributed by atoms with Gasteiger partial charge in [-0.1, -0.05) is 5.16 Å². The Morgan fingerprint density at radius 2 is 2.57 bits per heavy atom. The van der Waals surface area contributed by atoms with Crippen LogP contribution in [0.15, 0.2) is 5.16 Å². The quantitative estimate of drug-likeness (QED) is 0.220. The summed E-state index contributed by atoms with van der Waals surface area (Å²) in [6.45, 7) is 1.76. The zero-order chi connectivity index (χ0) is 5.54. The topological polar surface area (TPSA) is 38.7 Å². The molecule has 7 heavy (non-hydrogen) atoms. The molecule has 0 saturated heterocycles. The first-order valence-electron chi connectivity index (χ1n) is 1.95. The lowest BCUT2D eigenvalue weighted by molar-refractivity contribution is -0.111. The van der Waals surface area contributed by atoms with Crippen molar-refractivity contribution in [2.24, 2.45) is 5.16 Å². The second-order valence-electron chi connectivity index (χ2n) is 0.826. The lowest BCUT2D eigenvalue weighted by Crippen LogP contribution is -1.85. The van der Waals surface area contributed by atoms with Gasteiger partial charge in [-0.05, 0) is 6.92 Å². The Bertz CT molecular complexity index is 70.1. The van der Waals surface area contributed by atoms with Gasteiger partial charge in [0.25, 0.3) is 0 Å². The van der Waals surface area contributed by atoms with Crippen LogP contribution >= 0.6 is 0 Å². The van der Waals surface area contributed by atoms with Crippen molar-refractivity contribution in [1.29, 1.82) is 0 Å². The number of hydrogen-bond donors (Lipinski definition) is 0. The number of rotatable bonds is 3. The van der Waals surface area contributed by atoms with Crippen LogP contribution in [0.5, 0.6) is 0 Å². The molecule has 0 saturated carbocycles. The minimum absolute atomic E-state index is 0.0460. The number of oxime groups is 1. The van der Waals surface area contributed by atoms with Gasteiger partial charge in [-0.25, -0.2) is 0 Å². The van der Waals surface area contributed by atoms with Gasteiger partial charge in [-0.3, -0.25) is 4.79 Å². The highest BCUT2D eigenvalue weighted by atomic mass is 16.6. The summed E-state index contributed by atoms with van der Waals surface area (Å²) in [5.74, 6) is 0. The molecule has 0 N–H and O–H groups in total. The summed E-state index contributed by atoms with van der Waals surface area (Å²) in [6, 6.07) is 0. The van der Waals surface area contributed by atoms with Crippen molar-refractivity contribution < 1.29 is 9.63 Å². The fourth-order valence-electron chi connectivity index (χ4n) is 0.148. The van der Waals surface area contributed by atoms with E-state index in [1.807, 2.05) is 0 Å². The predicted octanol–water partition coefficient (Wildman–Crippen LogP) is 0.208. The third-order valence-electron chi connectivity index (χ3n) is 0.323. The zero-order valence-electron chi connectivity index (χ0n) is 4.13. The highest BCUT2D eigenvalue weighted by Crippen LogP contribution is 1.66. The van der Waals surface area contributed by atoms with Crippen molar-refractivity contribution in [3.8, 4) is 0 Å². The molecule has 40 valence electrons. The molecular formula is C4H7NO2. The van der Waals surface area contributed by atoms with Crippen LogP contribution in [0.25, 0.3) is 0 Å². The fourth-order valence-corrected chi connectivity index (χ4v) is 0.148. The van der Waals surface area contributed by atoms with E-state index in [-0.39, 0.29) is 6.61 Å². The van der Waals surface area contributed by atoms with E-state index < -0.39 is 0 Å². The van der Waals surface area contributed by atoms with Crippen LogP contribution in [0.2, 0.25) is 0 Å². The molecular weight excluding hydrogens is 94.0 g/mol. The first-order chi connectivity index (χ1) is 3.41. The third kappa shape index (κ3) is 5.14. The molecule has 0 spiro atoms. The van der Waals surface area contributed by atoms with Gasteiger partial charge in [-0.2, -0.15) is 0 Å². The van der Waals surface area contributed by atoms with Crippen LogP contribution in [0.4, 0.5) is 0 Å². The molecule has 0 amide bonds. The molecule has 0 bridgehead atoms. The number of hydrogen-bond acceptors (Lipinski definition) is 3. The minimum Gasteiger partial charge on any atom is -0.388 e. The van der Waals surface area contributed by atoms with Crippen molar-refractivity contribution in [2.45, 2.75) is 6.92 Å². The van der Waals surface area contributed by atoms with E-state index in [0.717, 1.165) is 0 Å². The number of aldehydes is 1. The summed E-state index contributed by atoms with van der Waals surface area (Å²) < 4.78 is 0. The van der Waals surface area contributed by atoms with E-state index in [4.69, 9.17) is 0 Å². The fraction of sp³-hybridized carbons (Fsp3) is 0.500. The van der Waals surface area contributed by atoms with Gasteiger partial charge in [0.2, 0.25) is 0 Å². The van der Waals surface area contributed by atoms with Crippen LogP contribution < -0.4 is 0 Å². The van der Waals surface area contributed by atoms with E-state index in [0.29, 0.717) is 6.29 Å². The van der Waals surface area contributed by atoms with Crippen LogP contribution in [0, 0.1) is 0 Å². The minimum atomic E-state index is 0.0460. The van der Waals surface area contributed by atoms with Gasteiger partial charge in [0.05, 0.1) is 0 Å². The molecule has 0 aromatic carbocycles. The van der Waals surface area contributed by atoms with Crippen molar-refractivity contribution in [1.82, 2.24) is 0 Å². The summed E-state index contributed by atoms with van der Waals surface area (Å²) in [5, 5.41) is 3.31. The van der Waals surface area contributed by atoms with Crippen LogP contribution in [0.3, 0.4) is 0 Å². The Balaban J connectivity index is 2.82. The SMILES string of the molecule is C/C=N/OCC=O. The van der Waals surface area contributed by atoms with E-state index in [2.05, 4.69) is 9.99 Å². The molecule has 0 aliphatic rings. The second kappa shape index (κ2) is 5.14. The van der Waals surface area contributed by atoms with Crippen molar-refractivity contribution in [3.05, 3.63) is 0 Å². The first-order valence-corrected chi connectivity index (χ1v) is 1.95. The van der Waals surface area contributed by atoms with Crippen LogP contribution in [-0.2, 0) is 9.63 Å². The van der Waals surface area contributed by atoms with Crippen LogP contribution in [-0.4, -0.2) is 19.1 Å². The number of carbonyl (C=O) groups excluding carboxylic acids is 1. The molecule has 0 rings (SSSR count). The van der Waals surface area contributed by atoms with Gasteiger partial charge >= 0.3 is 0 Å². The van der Waals surface area contributed by atoms with Crippen LogP contribution in [0.1, 0.15) is 6.92 Å². The summed E-state index contributed by atoms with van der Waals surface area (Å²) in [5.41, 5.74) is 0. The third-order valence-corrected chi connectivity index (χ3v) is 0.323. The molecule has 0 radical (unpaired) electrons. The summed E-state index contributed by atoms with van der Waals surface area (Å²) >= 11 is 0. The Labute approximate surface area is 42.0 Å². The molecule has 0 aliphatic carbocycles. The summed E-state index contributed by atoms with van der Waals surface area (Å²) in [6.07, 6.45) is 2.12. The van der Waals surface area contributed by atoms with Crippen molar-refractivity contribution >= 4 is 12.5 Å². The van der Waals surface area contributed by atoms with Gasteiger partial charge in [-0.15, -0.1) is 0 Å². The van der Waals surface area contributed by atoms with Gasteiger partial charge in [0, 0.05) is 6.21 Å². The summed E-state index contributed by atoms with van der Waals surface area (Å²) in [7, 11) is 0. The second-order valence-corrected chi connectivity index (χ2v) is 0.826. The average molecular weight is 101 g/mol. The monoisotopic (exact) mass is 101 g/mol. The maximum Gasteiger partial charge on any atom is 0.172 e. The lowest BCUT2D eigenvalue weighted by Gasteiger charge is -1.83. The molecule has 0 aromatic heterocycles. The van der Waals surface area contributed by atoms with E-state index >= 15 is 0 Å². The highest BCUT2D eigenvalue weighted by molar-refractivity contribution is 5.53. The highest BCUT2D eigenvalue weighted by Gasteiger charge is 1.70. The molecule has 0 aromatic rings. The molecule has 3 heteroatoms. The smallest absolute Gasteiger partial charge is 0.172 e. The average Bonchev–Trinajstić information content (AvgIpc) is 1.69. The van der Waals surface area contributed by atoms with Gasteiger partial charge in [0.15, 0.2) is 12.9 Å². The number of carbonyl (C=O) groups is 1. The van der Waals surface area contributed by atoms with E-state index in [1.54, 1.807) is 6.92 Å². The molecule has 0 heterocycles. The Hall–Kier alpha value is -0.860. The molecule has 0 unspecified atom stereocenters. The predicted molar refractivity (Wildman–Crippen MR) is 26.2 cm³/mol. The lowest BCUT2D eigenvalue weighted by atomic mass is 10.8.